The first-order valence-electron chi connectivity index (χ1n) is 18.8. The normalized spacial score (nSPS) is 12.8. The van der Waals surface area contributed by atoms with Crippen LogP contribution < -0.4 is 10.1 Å². The number of benzene rings is 2. The molecule has 2 atom stereocenters. The van der Waals surface area contributed by atoms with Crippen molar-refractivity contribution in [3.05, 3.63) is 88.4 Å². The zero-order chi connectivity index (χ0) is 40.3. The summed E-state index contributed by atoms with van der Waals surface area (Å²) in [6.45, 7) is 13.9. The molecule has 294 valence electrons. The van der Waals surface area contributed by atoms with Crippen LogP contribution in [0, 0.1) is 0 Å². The van der Waals surface area contributed by atoms with Crippen LogP contribution in [0.1, 0.15) is 107 Å². The van der Waals surface area contributed by atoms with E-state index >= 15 is 0 Å². The molecule has 4 aromatic rings. The number of carbonyl (C=O) groups is 4. The van der Waals surface area contributed by atoms with Crippen LogP contribution in [0.15, 0.2) is 73.1 Å². The molecular formula is C43H54N4O7S. The van der Waals surface area contributed by atoms with E-state index < -0.39 is 47.8 Å². The maximum absolute atomic E-state index is 14.3. The number of amides is 2. The maximum Gasteiger partial charge on any atom is 0.327 e. The highest BCUT2D eigenvalue weighted by Crippen LogP contribution is 2.30. The number of unbranched alkanes of at least 4 members (excludes halogenated alkanes) is 4. The average Bonchev–Trinajstić information content (AvgIpc) is 3.64. The van der Waals surface area contributed by atoms with Crippen molar-refractivity contribution >= 4 is 35.1 Å². The molecule has 12 heteroatoms. The first-order valence-corrected chi connectivity index (χ1v) is 19.6. The van der Waals surface area contributed by atoms with Crippen LogP contribution in [0.4, 0.5) is 0 Å². The van der Waals surface area contributed by atoms with E-state index in [-0.39, 0.29) is 11.8 Å². The summed E-state index contributed by atoms with van der Waals surface area (Å²) in [7, 11) is 0. The average molecular weight is 771 g/mol. The van der Waals surface area contributed by atoms with Crippen LogP contribution in [-0.4, -0.2) is 73.1 Å². The minimum absolute atomic E-state index is 0.0205. The van der Waals surface area contributed by atoms with Gasteiger partial charge in [0.2, 0.25) is 5.91 Å². The summed E-state index contributed by atoms with van der Waals surface area (Å²) in [4.78, 5) is 63.6. The van der Waals surface area contributed by atoms with E-state index in [1.165, 1.54) is 37.0 Å². The fraction of sp³-hybridized carbons (Fsp3) is 0.442. The van der Waals surface area contributed by atoms with Gasteiger partial charge in [0.05, 0.1) is 17.9 Å². The van der Waals surface area contributed by atoms with Crippen molar-refractivity contribution in [2.45, 2.75) is 116 Å². The van der Waals surface area contributed by atoms with Crippen molar-refractivity contribution in [2.24, 2.45) is 0 Å². The zero-order valence-corrected chi connectivity index (χ0v) is 33.7. The predicted octanol–water partition coefficient (Wildman–Crippen LogP) is 8.41. The highest BCUT2D eigenvalue weighted by Gasteiger charge is 2.42. The number of ether oxygens (including phenoxy) is 1. The van der Waals surface area contributed by atoms with Gasteiger partial charge in [-0.05, 0) is 68.0 Å². The third-order valence-electron chi connectivity index (χ3n) is 9.11. The Morgan fingerprint density at radius 2 is 1.42 bits per heavy atom. The van der Waals surface area contributed by atoms with Crippen molar-refractivity contribution in [2.75, 3.05) is 6.61 Å². The number of thiophene rings is 1. The third kappa shape index (κ3) is 12.2. The smallest absolute Gasteiger partial charge is 0.327 e. The summed E-state index contributed by atoms with van der Waals surface area (Å²) in [6, 6.07) is 15.8. The Labute approximate surface area is 328 Å². The van der Waals surface area contributed by atoms with Crippen LogP contribution in [0.5, 0.6) is 5.75 Å². The molecule has 2 aromatic heterocycles. The van der Waals surface area contributed by atoms with Crippen molar-refractivity contribution in [1.82, 2.24) is 20.2 Å². The molecule has 2 aromatic carbocycles. The number of hydrogen-bond acceptors (Lipinski definition) is 8. The number of nitrogens with one attached hydrogen (secondary N) is 1. The SMILES string of the molecule is CCCCCCCOc1ccc(-c2cnc(-c3ccc(C[C@H](NC(=O)c4ccc(C(C)(C)C)s4)C(=O)N([C@@H](CC(=O)O)C(=O)O)C(C)(C)C)cc3)nc2)cc1. The van der Waals surface area contributed by atoms with Gasteiger partial charge in [-0.3, -0.25) is 14.4 Å². The summed E-state index contributed by atoms with van der Waals surface area (Å²) in [5.41, 5.74) is 1.97. The van der Waals surface area contributed by atoms with Gasteiger partial charge in [-0.15, -0.1) is 11.3 Å². The second-order valence-electron chi connectivity index (χ2n) is 15.8. The first kappa shape index (κ1) is 42.6. The Morgan fingerprint density at radius 1 is 0.800 bits per heavy atom. The molecule has 0 bridgehead atoms. The predicted molar refractivity (Wildman–Crippen MR) is 215 cm³/mol. The summed E-state index contributed by atoms with van der Waals surface area (Å²) in [5.74, 6) is -2.66. The molecule has 0 spiro atoms. The minimum atomic E-state index is -1.66. The number of aliphatic carboxylic acids is 2. The van der Waals surface area contributed by atoms with Gasteiger partial charge >= 0.3 is 11.9 Å². The van der Waals surface area contributed by atoms with Crippen LogP contribution in [0.2, 0.25) is 0 Å². The lowest BCUT2D eigenvalue weighted by molar-refractivity contribution is -0.159. The second-order valence-corrected chi connectivity index (χ2v) is 16.8. The van der Waals surface area contributed by atoms with Crippen molar-refractivity contribution < 1.29 is 34.1 Å². The maximum atomic E-state index is 14.3. The van der Waals surface area contributed by atoms with Crippen LogP contribution in [-0.2, 0) is 26.2 Å². The summed E-state index contributed by atoms with van der Waals surface area (Å²) in [5, 5.41) is 22.4. The Balaban J connectivity index is 1.53. The van der Waals surface area contributed by atoms with Crippen LogP contribution in [0.3, 0.4) is 0 Å². The van der Waals surface area contributed by atoms with Crippen molar-refractivity contribution in [3.8, 4) is 28.3 Å². The topological polar surface area (TPSA) is 159 Å². The molecule has 3 N–H and O–H groups in total. The van der Waals surface area contributed by atoms with E-state index in [4.69, 9.17) is 4.74 Å². The van der Waals surface area contributed by atoms with Crippen molar-refractivity contribution in [3.63, 3.8) is 0 Å². The molecule has 0 saturated carbocycles. The van der Waals surface area contributed by atoms with Gasteiger partial charge in [0.1, 0.15) is 17.8 Å². The number of carboxylic acids is 2. The molecular weight excluding hydrogens is 717 g/mol. The van der Waals surface area contributed by atoms with E-state index in [0.717, 1.165) is 38.6 Å². The molecule has 0 aliphatic heterocycles. The molecule has 2 heterocycles. The van der Waals surface area contributed by atoms with Crippen LogP contribution >= 0.6 is 11.3 Å². The van der Waals surface area contributed by atoms with Crippen LogP contribution in [0.25, 0.3) is 22.5 Å². The van der Waals surface area contributed by atoms with Gasteiger partial charge in [0.25, 0.3) is 5.91 Å². The van der Waals surface area contributed by atoms with E-state index in [1.54, 1.807) is 51.4 Å². The molecule has 0 radical (unpaired) electrons. The summed E-state index contributed by atoms with van der Waals surface area (Å²) < 4.78 is 5.89. The van der Waals surface area contributed by atoms with Gasteiger partial charge in [-0.1, -0.05) is 89.8 Å². The van der Waals surface area contributed by atoms with E-state index in [1.807, 2.05) is 63.2 Å². The Bertz CT molecular complexity index is 1890. The lowest BCUT2D eigenvalue weighted by Gasteiger charge is -2.41. The highest BCUT2D eigenvalue weighted by atomic mass is 32.1. The zero-order valence-electron chi connectivity index (χ0n) is 32.9. The highest BCUT2D eigenvalue weighted by molar-refractivity contribution is 7.14. The summed E-state index contributed by atoms with van der Waals surface area (Å²) >= 11 is 1.32. The van der Waals surface area contributed by atoms with Gasteiger partial charge < -0.3 is 25.2 Å². The summed E-state index contributed by atoms with van der Waals surface area (Å²) in [6.07, 6.45) is 8.67. The fourth-order valence-corrected chi connectivity index (χ4v) is 7.12. The van der Waals surface area contributed by atoms with Gasteiger partial charge in [-0.2, -0.15) is 0 Å². The number of carbonyl (C=O) groups excluding carboxylic acids is 2. The quantitative estimate of drug-likeness (QED) is 0.0845. The lowest BCUT2D eigenvalue weighted by atomic mass is 9.95. The Morgan fingerprint density at radius 3 is 1.96 bits per heavy atom. The third-order valence-corrected chi connectivity index (χ3v) is 10.6. The molecule has 0 fully saturated rings. The number of aromatic nitrogens is 2. The van der Waals surface area contributed by atoms with E-state index in [9.17, 15) is 29.4 Å². The minimum Gasteiger partial charge on any atom is -0.494 e. The number of hydrogen-bond donors (Lipinski definition) is 3. The van der Waals surface area contributed by atoms with Gasteiger partial charge in [0.15, 0.2) is 5.82 Å². The fourth-order valence-electron chi connectivity index (χ4n) is 6.16. The molecule has 0 aliphatic rings. The molecule has 0 saturated heterocycles. The monoisotopic (exact) mass is 770 g/mol. The Kier molecular flexibility index (Phi) is 14.7. The molecule has 11 nitrogen and oxygen atoms in total. The van der Waals surface area contributed by atoms with E-state index in [2.05, 4.69) is 22.2 Å². The Hall–Kier alpha value is -5.10. The molecule has 4 rings (SSSR count). The second kappa shape index (κ2) is 19.0. The molecule has 0 unspecified atom stereocenters. The number of rotatable bonds is 18. The van der Waals surface area contributed by atoms with Gasteiger partial charge in [-0.25, -0.2) is 14.8 Å². The molecule has 55 heavy (non-hydrogen) atoms. The standard InChI is InChI=1S/C43H54N4O7S/c1-8-9-10-11-12-23-54-32-19-17-29(18-20-32)31-26-44-38(45-27-31)30-15-13-28(14-16-30)24-33(46-39(50)35-21-22-36(55-35)42(2,3)4)40(51)47(43(5,6)7)34(41(52)53)25-37(48)49/h13-22,26-27,33-34H,8-12,23-25H2,1-7H3,(H,46,50)(H,48,49)(H,52,53)/t33-,34-/m0/s1. The van der Waals surface area contributed by atoms with Gasteiger partial charge in [0, 0.05) is 40.4 Å². The first-order chi connectivity index (χ1) is 26.0. The van der Waals surface area contributed by atoms with Crippen molar-refractivity contribution in [1.29, 1.82) is 0 Å². The number of nitrogens with zero attached hydrogens (tertiary/aromatic N) is 3. The molecule has 2 amide bonds. The lowest BCUT2D eigenvalue weighted by Crippen LogP contribution is -2.61. The largest absolute Gasteiger partial charge is 0.494 e. The van der Waals surface area contributed by atoms with E-state index in [0.29, 0.717) is 22.9 Å². The number of carboxylic acid groups (broad SMARTS) is 2. The molecule has 0 aliphatic carbocycles.